The number of nitrogens with zero attached hydrogens (tertiary/aromatic N) is 2. The van der Waals surface area contributed by atoms with E-state index in [2.05, 4.69) is 4.90 Å². The number of piperidine rings is 1. The molecule has 5 heteroatoms. The molecule has 2 heterocycles. The summed E-state index contributed by atoms with van der Waals surface area (Å²) in [7, 11) is 0. The number of hydrogen-bond donors (Lipinski definition) is 0. The third-order valence-corrected chi connectivity index (χ3v) is 3.69. The average molecular weight is 268 g/mol. The highest BCUT2D eigenvalue weighted by Gasteiger charge is 2.33. The van der Waals surface area contributed by atoms with Gasteiger partial charge in [0.1, 0.15) is 11.4 Å². The van der Waals surface area contributed by atoms with Gasteiger partial charge in [-0.25, -0.2) is 4.79 Å². The van der Waals surface area contributed by atoms with Gasteiger partial charge in [-0.1, -0.05) is 0 Å². The molecule has 0 aromatic heterocycles. The largest absolute Gasteiger partial charge is 0.444 e. The van der Waals surface area contributed by atoms with Crippen molar-refractivity contribution in [2.75, 3.05) is 26.2 Å². The quantitative estimate of drug-likeness (QED) is 0.726. The molecular formula is C14H24N2O3. The molecule has 0 bridgehead atoms. The van der Waals surface area contributed by atoms with Gasteiger partial charge < -0.3 is 9.64 Å². The van der Waals surface area contributed by atoms with E-state index < -0.39 is 5.60 Å². The number of hydrogen-bond acceptors (Lipinski definition) is 4. The molecule has 0 aromatic carbocycles. The highest BCUT2D eigenvalue weighted by Crippen LogP contribution is 2.21. The molecule has 108 valence electrons. The van der Waals surface area contributed by atoms with Gasteiger partial charge in [-0.05, 0) is 27.2 Å². The fraction of sp³-hybridized carbons (Fsp3) is 0.857. The van der Waals surface area contributed by atoms with E-state index in [9.17, 15) is 9.59 Å². The van der Waals surface area contributed by atoms with Crippen LogP contribution in [0.1, 0.15) is 40.0 Å². The predicted octanol–water partition coefficient (Wildman–Crippen LogP) is 1.66. The number of carbonyl (C=O) groups is 2. The second kappa shape index (κ2) is 5.49. The molecule has 2 fully saturated rings. The van der Waals surface area contributed by atoms with Crippen LogP contribution in [0.2, 0.25) is 0 Å². The van der Waals surface area contributed by atoms with Gasteiger partial charge in [-0.2, -0.15) is 0 Å². The van der Waals surface area contributed by atoms with Crippen LogP contribution in [0.3, 0.4) is 0 Å². The molecule has 2 saturated heterocycles. The molecule has 2 aliphatic heterocycles. The number of amides is 1. The molecule has 0 radical (unpaired) electrons. The van der Waals surface area contributed by atoms with Crippen LogP contribution in [0.4, 0.5) is 4.79 Å². The first-order valence-corrected chi connectivity index (χ1v) is 7.09. The lowest BCUT2D eigenvalue weighted by molar-refractivity contribution is -0.121. The molecule has 0 N–H and O–H groups in total. The van der Waals surface area contributed by atoms with Crippen molar-refractivity contribution in [1.29, 1.82) is 0 Å². The van der Waals surface area contributed by atoms with Crippen LogP contribution in [0, 0.1) is 0 Å². The van der Waals surface area contributed by atoms with Crippen LogP contribution in [-0.4, -0.2) is 59.5 Å². The zero-order valence-electron chi connectivity index (χ0n) is 12.1. The maximum absolute atomic E-state index is 12.0. The molecule has 0 saturated carbocycles. The Bertz CT molecular complexity index is 352. The van der Waals surface area contributed by atoms with E-state index in [0.29, 0.717) is 24.7 Å². The van der Waals surface area contributed by atoms with E-state index in [1.165, 1.54) is 0 Å². The summed E-state index contributed by atoms with van der Waals surface area (Å²) in [5.41, 5.74) is -0.438. The lowest BCUT2D eigenvalue weighted by atomic mass is 10.1. The van der Waals surface area contributed by atoms with Crippen molar-refractivity contribution >= 4 is 11.9 Å². The van der Waals surface area contributed by atoms with Crippen LogP contribution in [0.5, 0.6) is 0 Å². The summed E-state index contributed by atoms with van der Waals surface area (Å²) in [5, 5.41) is 0. The van der Waals surface area contributed by atoms with E-state index >= 15 is 0 Å². The molecule has 5 nitrogen and oxygen atoms in total. The van der Waals surface area contributed by atoms with Crippen molar-refractivity contribution in [3.63, 3.8) is 0 Å². The Morgan fingerprint density at radius 2 is 1.84 bits per heavy atom. The van der Waals surface area contributed by atoms with Crippen LogP contribution in [-0.2, 0) is 9.53 Å². The van der Waals surface area contributed by atoms with Crippen molar-refractivity contribution in [2.24, 2.45) is 0 Å². The van der Waals surface area contributed by atoms with Crippen molar-refractivity contribution in [1.82, 2.24) is 9.80 Å². The third-order valence-electron chi connectivity index (χ3n) is 3.69. The summed E-state index contributed by atoms with van der Waals surface area (Å²) in [6, 6.07) is 0.389. The van der Waals surface area contributed by atoms with Gasteiger partial charge in [0, 0.05) is 45.1 Å². The zero-order valence-corrected chi connectivity index (χ0v) is 12.1. The monoisotopic (exact) mass is 268 g/mol. The first kappa shape index (κ1) is 14.3. The Kier molecular flexibility index (Phi) is 4.13. The van der Waals surface area contributed by atoms with E-state index in [1.807, 2.05) is 20.8 Å². The Labute approximate surface area is 114 Å². The Morgan fingerprint density at radius 3 is 2.42 bits per heavy atom. The van der Waals surface area contributed by atoms with Crippen molar-refractivity contribution in [3.05, 3.63) is 0 Å². The first-order valence-electron chi connectivity index (χ1n) is 7.09. The smallest absolute Gasteiger partial charge is 0.410 e. The van der Waals surface area contributed by atoms with Crippen LogP contribution in [0.25, 0.3) is 0 Å². The second-order valence-electron chi connectivity index (χ2n) is 6.44. The van der Waals surface area contributed by atoms with Gasteiger partial charge in [0.05, 0.1) is 0 Å². The fourth-order valence-corrected chi connectivity index (χ4v) is 2.67. The van der Waals surface area contributed by atoms with Gasteiger partial charge in [-0.15, -0.1) is 0 Å². The van der Waals surface area contributed by atoms with Crippen molar-refractivity contribution in [3.8, 4) is 0 Å². The molecule has 1 atom stereocenters. The number of rotatable bonds is 1. The van der Waals surface area contributed by atoms with Crippen molar-refractivity contribution in [2.45, 2.75) is 51.7 Å². The van der Waals surface area contributed by atoms with Crippen LogP contribution < -0.4 is 0 Å². The minimum absolute atomic E-state index is 0.219. The van der Waals surface area contributed by atoms with Crippen LogP contribution >= 0.6 is 0 Å². The van der Waals surface area contributed by atoms with E-state index in [0.717, 1.165) is 32.6 Å². The van der Waals surface area contributed by atoms with Gasteiger partial charge in [-0.3, -0.25) is 9.69 Å². The fourth-order valence-electron chi connectivity index (χ4n) is 2.67. The van der Waals surface area contributed by atoms with Gasteiger partial charge >= 0.3 is 6.09 Å². The number of likely N-dealkylation sites (tertiary alicyclic amines) is 2. The maximum Gasteiger partial charge on any atom is 0.410 e. The highest BCUT2D eigenvalue weighted by atomic mass is 16.6. The zero-order chi connectivity index (χ0) is 14.0. The van der Waals surface area contributed by atoms with E-state index in [-0.39, 0.29) is 6.09 Å². The third kappa shape index (κ3) is 3.93. The summed E-state index contributed by atoms with van der Waals surface area (Å²) in [6.07, 6.45) is 2.07. The summed E-state index contributed by atoms with van der Waals surface area (Å²) in [6.45, 7) is 8.81. The average Bonchev–Trinajstić information content (AvgIpc) is 2.77. The van der Waals surface area contributed by atoms with E-state index in [4.69, 9.17) is 4.74 Å². The molecule has 0 aromatic rings. The summed E-state index contributed by atoms with van der Waals surface area (Å²) >= 11 is 0. The highest BCUT2D eigenvalue weighted by molar-refractivity contribution is 5.79. The standard InChI is InChI=1S/C14H24N2O3/c1-14(2,3)19-13(18)16-7-4-11(10-16)15-8-5-12(17)6-9-15/h11H,4-10H2,1-3H3. The summed E-state index contributed by atoms with van der Waals surface area (Å²) < 4.78 is 5.39. The topological polar surface area (TPSA) is 49.9 Å². The molecule has 1 unspecified atom stereocenters. The maximum atomic E-state index is 12.0. The Hall–Kier alpha value is -1.10. The molecule has 2 aliphatic rings. The van der Waals surface area contributed by atoms with Crippen molar-refractivity contribution < 1.29 is 14.3 Å². The first-order chi connectivity index (χ1) is 8.85. The molecule has 0 spiro atoms. The number of ketones is 1. The van der Waals surface area contributed by atoms with Gasteiger partial charge in [0.25, 0.3) is 0 Å². The summed E-state index contributed by atoms with van der Waals surface area (Å²) in [5.74, 6) is 0.359. The lowest BCUT2D eigenvalue weighted by Gasteiger charge is -2.31. The lowest BCUT2D eigenvalue weighted by Crippen LogP contribution is -2.44. The second-order valence-corrected chi connectivity index (χ2v) is 6.44. The van der Waals surface area contributed by atoms with E-state index in [1.54, 1.807) is 4.90 Å². The molecule has 19 heavy (non-hydrogen) atoms. The minimum Gasteiger partial charge on any atom is -0.444 e. The number of Topliss-reactive ketones (excluding diaryl/α,β-unsaturated/α-hetero) is 1. The molecular weight excluding hydrogens is 244 g/mol. The Morgan fingerprint density at radius 1 is 1.21 bits per heavy atom. The SMILES string of the molecule is CC(C)(C)OC(=O)N1CCC(N2CCC(=O)CC2)C1. The molecule has 2 rings (SSSR count). The number of carbonyl (C=O) groups excluding carboxylic acids is 2. The predicted molar refractivity (Wildman–Crippen MR) is 72.0 cm³/mol. The normalized spacial score (nSPS) is 25.7. The number of ether oxygens (including phenoxy) is 1. The summed E-state index contributed by atoms with van der Waals surface area (Å²) in [4.78, 5) is 27.3. The minimum atomic E-state index is -0.438. The molecule has 0 aliphatic carbocycles. The Balaban J connectivity index is 1.83. The van der Waals surface area contributed by atoms with Gasteiger partial charge in [0.15, 0.2) is 0 Å². The van der Waals surface area contributed by atoms with Gasteiger partial charge in [0.2, 0.25) is 0 Å². The van der Waals surface area contributed by atoms with Crippen LogP contribution in [0.15, 0.2) is 0 Å². The molecule has 1 amide bonds.